The lowest BCUT2D eigenvalue weighted by molar-refractivity contribution is 0.0771. The molecule has 0 aliphatic rings. The highest BCUT2D eigenvalue weighted by atomic mass is 35.5. The van der Waals surface area contributed by atoms with Gasteiger partial charge in [-0.3, -0.25) is 4.79 Å². The number of halogens is 1. The molecule has 2 N–H and O–H groups in total. The van der Waals surface area contributed by atoms with E-state index in [0.717, 1.165) is 5.76 Å². The molecule has 2 aromatic rings. The zero-order valence-corrected chi connectivity index (χ0v) is 15.7. The number of aryl methyl sites for hydroxylation is 2. The number of hydrogen-bond acceptors (Lipinski definition) is 4. The number of benzene rings is 1. The molecule has 0 aliphatic heterocycles. The first-order valence-electron chi connectivity index (χ1n) is 7.94. The average Bonchev–Trinajstić information content (AvgIpc) is 3.06. The Hall–Kier alpha value is -1.83. The maximum absolute atomic E-state index is 12.8. The quantitative estimate of drug-likeness (QED) is 0.794. The van der Waals surface area contributed by atoms with Crippen LogP contribution in [-0.2, 0) is 22.9 Å². The number of carbonyl (C=O) groups excluding carboxylic acids is 1. The highest BCUT2D eigenvalue weighted by molar-refractivity contribution is 7.89. The van der Waals surface area contributed by atoms with Crippen LogP contribution < -0.4 is 5.14 Å². The number of furan rings is 1. The van der Waals surface area contributed by atoms with Gasteiger partial charge < -0.3 is 9.32 Å². The van der Waals surface area contributed by atoms with Gasteiger partial charge in [0.05, 0.1) is 11.3 Å². The summed E-state index contributed by atoms with van der Waals surface area (Å²) in [7, 11) is -4.02. The van der Waals surface area contributed by atoms with Crippen LogP contribution in [0.15, 0.2) is 39.8 Å². The first kappa shape index (κ1) is 19.5. The monoisotopic (exact) mass is 384 g/mol. The van der Waals surface area contributed by atoms with Gasteiger partial charge in [-0.15, -0.1) is 0 Å². The van der Waals surface area contributed by atoms with Gasteiger partial charge in [0, 0.05) is 25.1 Å². The fourth-order valence-electron chi connectivity index (χ4n) is 2.61. The van der Waals surface area contributed by atoms with Crippen molar-refractivity contribution in [1.82, 2.24) is 4.90 Å². The van der Waals surface area contributed by atoms with Crippen LogP contribution in [0.25, 0.3) is 0 Å². The van der Waals surface area contributed by atoms with Crippen LogP contribution in [0, 0.1) is 0 Å². The molecule has 136 valence electrons. The molecular weight excluding hydrogens is 364 g/mol. The van der Waals surface area contributed by atoms with E-state index in [1.807, 2.05) is 19.9 Å². The third-order valence-electron chi connectivity index (χ3n) is 3.97. The molecule has 8 heteroatoms. The summed E-state index contributed by atoms with van der Waals surface area (Å²) < 4.78 is 28.8. The molecular formula is C17H21ClN2O4S. The maximum atomic E-state index is 12.8. The van der Waals surface area contributed by atoms with Crippen molar-refractivity contribution in [3.63, 3.8) is 0 Å². The van der Waals surface area contributed by atoms with Crippen LogP contribution in [0.5, 0.6) is 0 Å². The van der Waals surface area contributed by atoms with Crippen LogP contribution in [0.2, 0.25) is 5.02 Å². The maximum Gasteiger partial charge on any atom is 0.254 e. The highest BCUT2D eigenvalue weighted by Crippen LogP contribution is 2.27. The van der Waals surface area contributed by atoms with Gasteiger partial charge in [-0.05, 0) is 50.1 Å². The Balaban J connectivity index is 2.48. The minimum atomic E-state index is -4.02. The van der Waals surface area contributed by atoms with Crippen molar-refractivity contribution in [3.8, 4) is 0 Å². The van der Waals surface area contributed by atoms with Gasteiger partial charge in [-0.25, -0.2) is 13.6 Å². The summed E-state index contributed by atoms with van der Waals surface area (Å²) in [6.07, 6.45) is 2.63. The van der Waals surface area contributed by atoms with E-state index >= 15 is 0 Å². The van der Waals surface area contributed by atoms with Crippen LogP contribution in [0.3, 0.4) is 0 Å². The van der Waals surface area contributed by atoms with Crippen molar-refractivity contribution in [3.05, 3.63) is 52.4 Å². The largest absolute Gasteiger partial charge is 0.469 e. The van der Waals surface area contributed by atoms with E-state index in [1.165, 1.54) is 12.1 Å². The normalized spacial score (nSPS) is 11.5. The summed E-state index contributed by atoms with van der Waals surface area (Å²) in [5, 5.41) is 5.22. The average molecular weight is 385 g/mol. The van der Waals surface area contributed by atoms with Gasteiger partial charge in [-0.2, -0.15) is 0 Å². The van der Waals surface area contributed by atoms with Crippen LogP contribution in [0.4, 0.5) is 0 Å². The van der Waals surface area contributed by atoms with Crippen molar-refractivity contribution in [2.24, 2.45) is 5.14 Å². The number of sulfonamides is 1. The summed E-state index contributed by atoms with van der Waals surface area (Å²) in [5.41, 5.74) is 0.953. The molecule has 0 saturated carbocycles. The van der Waals surface area contributed by atoms with Crippen molar-refractivity contribution in [2.45, 2.75) is 31.6 Å². The SMILES string of the molecule is CCN(CC)C(=O)c1cc(S(N)(=O)=O)c(Cl)cc1CCc1ccco1. The molecule has 1 aromatic carbocycles. The van der Waals surface area contributed by atoms with Crippen LogP contribution in [-0.4, -0.2) is 32.3 Å². The molecule has 0 radical (unpaired) electrons. The summed E-state index contributed by atoms with van der Waals surface area (Å²) in [4.78, 5) is 14.2. The Morgan fingerprint density at radius 3 is 2.44 bits per heavy atom. The third-order valence-corrected chi connectivity index (χ3v) is 5.34. The molecule has 0 bridgehead atoms. The van der Waals surface area contributed by atoms with Gasteiger partial charge in [0.2, 0.25) is 10.0 Å². The van der Waals surface area contributed by atoms with Gasteiger partial charge >= 0.3 is 0 Å². The molecule has 0 spiro atoms. The number of primary sulfonamides is 1. The second-order valence-corrected chi connectivity index (χ2v) is 7.48. The minimum Gasteiger partial charge on any atom is -0.469 e. The van der Waals surface area contributed by atoms with E-state index in [2.05, 4.69) is 0 Å². The molecule has 1 amide bonds. The van der Waals surface area contributed by atoms with E-state index in [-0.39, 0.29) is 15.8 Å². The van der Waals surface area contributed by atoms with E-state index in [9.17, 15) is 13.2 Å². The number of carbonyl (C=O) groups is 1. The molecule has 25 heavy (non-hydrogen) atoms. The Kier molecular flexibility index (Phi) is 6.26. The molecule has 1 heterocycles. The van der Waals surface area contributed by atoms with Gasteiger partial charge in [0.25, 0.3) is 5.91 Å². The lowest BCUT2D eigenvalue weighted by Gasteiger charge is -2.21. The number of amides is 1. The first-order valence-corrected chi connectivity index (χ1v) is 9.87. The van der Waals surface area contributed by atoms with E-state index < -0.39 is 10.0 Å². The third kappa shape index (κ3) is 4.62. The minimum absolute atomic E-state index is 0.00745. The zero-order chi connectivity index (χ0) is 18.6. The van der Waals surface area contributed by atoms with E-state index in [1.54, 1.807) is 17.2 Å². The summed E-state index contributed by atoms with van der Waals surface area (Å²) in [5.74, 6) is 0.522. The van der Waals surface area contributed by atoms with Gasteiger partial charge in [-0.1, -0.05) is 11.6 Å². The highest BCUT2D eigenvalue weighted by Gasteiger charge is 2.22. The smallest absolute Gasteiger partial charge is 0.254 e. The fraction of sp³-hybridized carbons (Fsp3) is 0.353. The topological polar surface area (TPSA) is 93.6 Å². The van der Waals surface area contributed by atoms with Crippen LogP contribution >= 0.6 is 11.6 Å². The number of rotatable bonds is 7. The van der Waals surface area contributed by atoms with E-state index in [0.29, 0.717) is 37.1 Å². The molecule has 1 aromatic heterocycles. The number of hydrogen-bond donors (Lipinski definition) is 1. The molecule has 6 nitrogen and oxygen atoms in total. The molecule has 2 rings (SSSR count). The number of nitrogens with two attached hydrogens (primary N) is 1. The second kappa shape index (κ2) is 8.03. The lowest BCUT2D eigenvalue weighted by atomic mass is 10.0. The molecule has 0 unspecified atom stereocenters. The Morgan fingerprint density at radius 1 is 1.24 bits per heavy atom. The Labute approximate surface area is 152 Å². The second-order valence-electron chi connectivity index (χ2n) is 5.54. The van der Waals surface area contributed by atoms with Crippen molar-refractivity contribution in [1.29, 1.82) is 0 Å². The standard InChI is InChI=1S/C17H21ClN2O4S/c1-3-20(4-2)17(21)14-11-16(25(19,22)23)15(18)10-12(14)7-8-13-6-5-9-24-13/h5-6,9-11H,3-4,7-8H2,1-2H3,(H2,19,22,23). The molecule has 0 saturated heterocycles. The predicted octanol–water partition coefficient (Wildman–Crippen LogP) is 2.85. The van der Waals surface area contributed by atoms with Crippen molar-refractivity contribution in [2.75, 3.05) is 13.1 Å². The zero-order valence-electron chi connectivity index (χ0n) is 14.2. The summed E-state index contributed by atoms with van der Waals surface area (Å²) >= 11 is 6.09. The Morgan fingerprint density at radius 2 is 1.92 bits per heavy atom. The van der Waals surface area contributed by atoms with Gasteiger partial charge in [0.15, 0.2) is 0 Å². The summed E-state index contributed by atoms with van der Waals surface area (Å²) in [6.45, 7) is 4.75. The molecule has 0 aliphatic carbocycles. The summed E-state index contributed by atoms with van der Waals surface area (Å²) in [6, 6.07) is 6.40. The lowest BCUT2D eigenvalue weighted by Crippen LogP contribution is -2.31. The fourth-order valence-corrected chi connectivity index (χ4v) is 3.73. The van der Waals surface area contributed by atoms with Crippen LogP contribution in [0.1, 0.15) is 35.5 Å². The Bertz CT molecular complexity index is 844. The van der Waals surface area contributed by atoms with Crippen molar-refractivity contribution >= 4 is 27.5 Å². The predicted molar refractivity (Wildman–Crippen MR) is 96.2 cm³/mol. The van der Waals surface area contributed by atoms with E-state index in [4.69, 9.17) is 21.2 Å². The first-order chi connectivity index (χ1) is 11.8. The van der Waals surface area contributed by atoms with Gasteiger partial charge in [0.1, 0.15) is 10.7 Å². The molecule has 0 atom stereocenters. The number of nitrogens with zero attached hydrogens (tertiary/aromatic N) is 1. The van der Waals surface area contributed by atoms with Crippen molar-refractivity contribution < 1.29 is 17.6 Å². The molecule has 0 fully saturated rings.